The van der Waals surface area contributed by atoms with Gasteiger partial charge in [-0.3, -0.25) is 4.79 Å². The summed E-state index contributed by atoms with van der Waals surface area (Å²) in [6.07, 6.45) is 2.62. The summed E-state index contributed by atoms with van der Waals surface area (Å²) in [6, 6.07) is 11.4. The number of oxazole rings is 1. The topological polar surface area (TPSA) is 132 Å². The van der Waals surface area contributed by atoms with Gasteiger partial charge in [0.25, 0.3) is 5.91 Å². The molecule has 1 amide bonds. The number of amides is 1. The normalized spacial score (nSPS) is 16.2. The van der Waals surface area contributed by atoms with Crippen molar-refractivity contribution in [2.75, 3.05) is 32.1 Å². The molecule has 0 saturated heterocycles. The Hall–Kier alpha value is -4.18. The highest BCUT2D eigenvalue weighted by Crippen LogP contribution is 2.43. The minimum atomic E-state index is -0.272. The van der Waals surface area contributed by atoms with E-state index in [1.165, 1.54) is 0 Å². The molecule has 1 aliphatic heterocycles. The van der Waals surface area contributed by atoms with E-state index in [4.69, 9.17) is 29.0 Å². The van der Waals surface area contributed by atoms with Gasteiger partial charge in [-0.25, -0.2) is 9.97 Å². The van der Waals surface area contributed by atoms with Crippen LogP contribution in [-0.4, -0.2) is 58.9 Å². The van der Waals surface area contributed by atoms with E-state index in [9.17, 15) is 4.79 Å². The number of hydrogen-bond acceptors (Lipinski definition) is 9. The SMILES string of the molecule is COc1cc(C(=O)NCCO)ccc1Cc1nc2c(c(OC3CC3)n1)C(c1ccc3nc(C)oc3c1)CN2. The number of aliphatic hydroxyl groups is 1. The zero-order valence-corrected chi connectivity index (χ0v) is 21.3. The Morgan fingerprint density at radius 1 is 1.18 bits per heavy atom. The van der Waals surface area contributed by atoms with Crippen molar-refractivity contribution in [3.05, 3.63) is 70.4 Å². The molecule has 3 heterocycles. The van der Waals surface area contributed by atoms with E-state index < -0.39 is 0 Å². The van der Waals surface area contributed by atoms with E-state index in [-0.39, 0.29) is 31.1 Å². The number of ether oxygens (including phenoxy) is 2. The predicted molar refractivity (Wildman–Crippen MR) is 140 cm³/mol. The van der Waals surface area contributed by atoms with Gasteiger partial charge in [-0.05, 0) is 42.7 Å². The van der Waals surface area contributed by atoms with Crippen LogP contribution in [0.3, 0.4) is 0 Å². The third-order valence-corrected chi connectivity index (χ3v) is 6.80. The first kappa shape index (κ1) is 24.2. The minimum Gasteiger partial charge on any atom is -0.496 e. The average Bonchev–Trinajstić information content (AvgIpc) is 3.49. The Morgan fingerprint density at radius 2 is 2.05 bits per heavy atom. The quantitative estimate of drug-likeness (QED) is 0.307. The van der Waals surface area contributed by atoms with Crippen LogP contribution in [-0.2, 0) is 6.42 Å². The number of anilines is 1. The third kappa shape index (κ3) is 4.74. The summed E-state index contributed by atoms with van der Waals surface area (Å²) in [4.78, 5) is 26.4. The third-order valence-electron chi connectivity index (χ3n) is 6.80. The van der Waals surface area contributed by atoms with Gasteiger partial charge in [-0.1, -0.05) is 12.1 Å². The summed E-state index contributed by atoms with van der Waals surface area (Å²) in [5.74, 6) is 2.93. The first-order valence-electron chi connectivity index (χ1n) is 12.8. The molecule has 4 aromatic rings. The number of nitrogens with zero attached hydrogens (tertiary/aromatic N) is 3. The Morgan fingerprint density at radius 3 is 2.84 bits per heavy atom. The van der Waals surface area contributed by atoms with Crippen molar-refractivity contribution in [2.24, 2.45) is 0 Å². The molecule has 2 aromatic heterocycles. The molecule has 0 radical (unpaired) electrons. The second-order valence-corrected chi connectivity index (χ2v) is 9.60. The van der Waals surface area contributed by atoms with Crippen LogP contribution >= 0.6 is 0 Å². The molecule has 6 rings (SSSR count). The van der Waals surface area contributed by atoms with Gasteiger partial charge in [0.15, 0.2) is 11.5 Å². The lowest BCUT2D eigenvalue weighted by atomic mass is 9.94. The fourth-order valence-corrected chi connectivity index (χ4v) is 4.79. The lowest BCUT2D eigenvalue weighted by Gasteiger charge is -2.16. The van der Waals surface area contributed by atoms with Crippen LogP contribution in [0.1, 0.15) is 57.5 Å². The van der Waals surface area contributed by atoms with E-state index in [0.717, 1.165) is 46.4 Å². The van der Waals surface area contributed by atoms with Crippen LogP contribution in [0.2, 0.25) is 0 Å². The largest absolute Gasteiger partial charge is 0.496 e. The fourth-order valence-electron chi connectivity index (χ4n) is 4.79. The number of carbonyl (C=O) groups is 1. The maximum absolute atomic E-state index is 12.3. The van der Waals surface area contributed by atoms with E-state index in [1.807, 2.05) is 25.1 Å². The molecule has 0 bridgehead atoms. The van der Waals surface area contributed by atoms with Gasteiger partial charge in [0.05, 0.1) is 19.3 Å². The average molecular weight is 516 g/mol. The lowest BCUT2D eigenvalue weighted by Crippen LogP contribution is -2.26. The smallest absolute Gasteiger partial charge is 0.251 e. The van der Waals surface area contributed by atoms with E-state index in [2.05, 4.69) is 21.7 Å². The number of aliphatic hydroxyl groups excluding tert-OH is 1. The lowest BCUT2D eigenvalue weighted by molar-refractivity contribution is 0.0944. The highest BCUT2D eigenvalue weighted by atomic mass is 16.5. The Balaban J connectivity index is 1.32. The van der Waals surface area contributed by atoms with Crippen LogP contribution in [0.5, 0.6) is 11.6 Å². The van der Waals surface area contributed by atoms with E-state index in [0.29, 0.717) is 41.9 Å². The van der Waals surface area contributed by atoms with Gasteiger partial charge < -0.3 is 29.6 Å². The van der Waals surface area contributed by atoms with Gasteiger partial charge in [0, 0.05) is 43.5 Å². The maximum Gasteiger partial charge on any atom is 0.251 e. The van der Waals surface area contributed by atoms with Gasteiger partial charge in [-0.15, -0.1) is 0 Å². The molecule has 1 fully saturated rings. The summed E-state index contributed by atoms with van der Waals surface area (Å²) in [7, 11) is 1.57. The zero-order valence-electron chi connectivity index (χ0n) is 21.3. The molecule has 196 valence electrons. The first-order chi connectivity index (χ1) is 18.5. The van der Waals surface area contributed by atoms with E-state index in [1.54, 1.807) is 19.2 Å². The monoisotopic (exact) mass is 515 g/mol. The molecule has 3 N–H and O–H groups in total. The number of benzene rings is 2. The number of aryl methyl sites for hydroxylation is 1. The van der Waals surface area contributed by atoms with Crippen molar-refractivity contribution in [2.45, 2.75) is 38.2 Å². The first-order valence-corrected chi connectivity index (χ1v) is 12.8. The highest BCUT2D eigenvalue weighted by Gasteiger charge is 2.34. The molecule has 2 aliphatic rings. The molecule has 10 heteroatoms. The Kier molecular flexibility index (Phi) is 6.32. The van der Waals surface area contributed by atoms with Crippen molar-refractivity contribution in [3.63, 3.8) is 0 Å². The van der Waals surface area contributed by atoms with Crippen molar-refractivity contribution in [3.8, 4) is 11.6 Å². The van der Waals surface area contributed by atoms with Crippen LogP contribution < -0.4 is 20.1 Å². The summed E-state index contributed by atoms with van der Waals surface area (Å²) < 4.78 is 17.6. The van der Waals surface area contributed by atoms with Gasteiger partial charge >= 0.3 is 0 Å². The van der Waals surface area contributed by atoms with Gasteiger partial charge in [0.1, 0.15) is 29.0 Å². The molecule has 1 saturated carbocycles. The van der Waals surface area contributed by atoms with Crippen LogP contribution in [0.25, 0.3) is 11.1 Å². The molecule has 1 aliphatic carbocycles. The molecule has 1 atom stereocenters. The van der Waals surface area contributed by atoms with Gasteiger partial charge in [0.2, 0.25) is 5.88 Å². The number of methoxy groups -OCH3 is 1. The summed E-state index contributed by atoms with van der Waals surface area (Å²) >= 11 is 0. The summed E-state index contributed by atoms with van der Waals surface area (Å²) in [6.45, 7) is 2.59. The second kappa shape index (κ2) is 9.94. The standard InChI is InChI=1S/C28H29N5O5/c1-15-31-21-8-5-16(11-23(21)37-15)20-14-30-26-25(20)28(38-19-6-7-19)33-24(32-26)13-17-3-4-18(12-22(17)36-2)27(35)29-9-10-34/h3-5,8,11-12,19-20,34H,6-7,9-10,13-14H2,1-2H3,(H,29,35)(H,30,32,33). The fraction of sp³-hybridized carbons (Fsp3) is 0.357. The number of rotatable bonds is 9. The van der Waals surface area contributed by atoms with Crippen molar-refractivity contribution >= 4 is 22.8 Å². The Labute approximate surface area is 219 Å². The van der Waals surface area contributed by atoms with Crippen LogP contribution in [0.4, 0.5) is 5.82 Å². The van der Waals surface area contributed by atoms with Crippen LogP contribution in [0, 0.1) is 6.92 Å². The molecule has 0 spiro atoms. The number of nitrogens with one attached hydrogen (secondary N) is 2. The minimum absolute atomic E-state index is 0.0221. The van der Waals surface area contributed by atoms with Crippen LogP contribution in [0.15, 0.2) is 40.8 Å². The zero-order chi connectivity index (χ0) is 26.2. The van der Waals surface area contributed by atoms with E-state index >= 15 is 0 Å². The Bertz CT molecular complexity index is 1510. The highest BCUT2D eigenvalue weighted by molar-refractivity contribution is 5.94. The molecular formula is C28H29N5O5. The summed E-state index contributed by atoms with van der Waals surface area (Å²) in [5, 5.41) is 15.1. The number of aromatic nitrogens is 3. The maximum atomic E-state index is 12.3. The molecule has 38 heavy (non-hydrogen) atoms. The van der Waals surface area contributed by atoms with Crippen molar-refractivity contribution in [1.29, 1.82) is 0 Å². The summed E-state index contributed by atoms with van der Waals surface area (Å²) in [5.41, 5.74) is 4.95. The predicted octanol–water partition coefficient (Wildman–Crippen LogP) is 3.35. The number of carbonyl (C=O) groups excluding carboxylic acids is 1. The van der Waals surface area contributed by atoms with Crippen molar-refractivity contribution in [1.82, 2.24) is 20.3 Å². The molecule has 1 unspecified atom stereocenters. The van der Waals surface area contributed by atoms with Crippen molar-refractivity contribution < 1.29 is 23.8 Å². The number of hydrogen-bond donors (Lipinski definition) is 3. The second-order valence-electron chi connectivity index (χ2n) is 9.60. The van der Waals surface area contributed by atoms with Gasteiger partial charge in [-0.2, -0.15) is 4.98 Å². The molecule has 10 nitrogen and oxygen atoms in total. The molecule has 2 aromatic carbocycles. The number of fused-ring (bicyclic) bond motifs is 2. The molecular weight excluding hydrogens is 486 g/mol.